The Kier molecular flexibility index (Phi) is 8.20. The number of carbonyl (C=O) groups excluding carboxylic acids is 2. The fourth-order valence-corrected chi connectivity index (χ4v) is 6.72. The Hall–Kier alpha value is -3.36. The first-order valence-corrected chi connectivity index (χ1v) is 14.2. The average molecular weight is 543 g/mol. The molecule has 0 saturated carbocycles. The van der Waals surface area contributed by atoms with Crippen LogP contribution in [0.2, 0.25) is 6.32 Å². The molecule has 4 atom stereocenters. The summed E-state index contributed by atoms with van der Waals surface area (Å²) in [6.45, 7) is 6.23. The van der Waals surface area contributed by atoms with Crippen LogP contribution >= 0.6 is 0 Å². The van der Waals surface area contributed by atoms with Crippen molar-refractivity contribution in [2.45, 2.75) is 58.9 Å². The Labute approximate surface area is 236 Å². The number of amides is 2. The molecule has 7 nitrogen and oxygen atoms in total. The smallest absolute Gasteiger partial charge is 0.455 e. The van der Waals surface area contributed by atoms with E-state index in [0.29, 0.717) is 25.2 Å². The second-order valence-corrected chi connectivity index (χ2v) is 11.4. The number of likely N-dealkylation sites (tertiary alicyclic amines) is 1. The fraction of sp³-hybridized carbons (Fsp3) is 0.438. The maximum Gasteiger partial charge on any atom is 0.455 e. The first kappa shape index (κ1) is 28.2. The van der Waals surface area contributed by atoms with Gasteiger partial charge in [-0.15, -0.1) is 0 Å². The molecule has 0 spiro atoms. The summed E-state index contributed by atoms with van der Waals surface area (Å²) < 4.78 is 12.3. The van der Waals surface area contributed by atoms with Gasteiger partial charge in [0.1, 0.15) is 18.1 Å². The van der Waals surface area contributed by atoms with Crippen LogP contribution in [0.15, 0.2) is 59.2 Å². The van der Waals surface area contributed by atoms with Crippen LogP contribution in [0.3, 0.4) is 0 Å². The molecule has 2 fully saturated rings. The lowest BCUT2D eigenvalue weighted by Crippen LogP contribution is -2.46. The Morgan fingerprint density at radius 3 is 2.50 bits per heavy atom. The Morgan fingerprint density at radius 2 is 1.82 bits per heavy atom. The average Bonchev–Trinajstić information content (AvgIpc) is 3.16. The minimum atomic E-state index is -1.00. The molecule has 2 amide bonds. The van der Waals surface area contributed by atoms with Crippen molar-refractivity contribution in [3.05, 3.63) is 75.9 Å². The second kappa shape index (κ2) is 11.6. The molecule has 0 bridgehead atoms. The number of benzene rings is 2. The number of carbonyl (C=O) groups is 2. The third-order valence-electron chi connectivity index (χ3n) is 8.75. The number of imide groups is 1. The van der Waals surface area contributed by atoms with E-state index >= 15 is 0 Å². The van der Waals surface area contributed by atoms with Crippen molar-refractivity contribution < 1.29 is 29.1 Å². The third kappa shape index (κ3) is 5.47. The van der Waals surface area contributed by atoms with E-state index < -0.39 is 19.0 Å². The summed E-state index contributed by atoms with van der Waals surface area (Å²) in [6.07, 6.45) is 4.77. The Balaban J connectivity index is 1.45. The van der Waals surface area contributed by atoms with Crippen molar-refractivity contribution in [2.75, 3.05) is 13.7 Å². The van der Waals surface area contributed by atoms with Crippen molar-refractivity contribution in [1.82, 2.24) is 4.90 Å². The number of aromatic hydroxyl groups is 1. The van der Waals surface area contributed by atoms with Gasteiger partial charge in [0.05, 0.1) is 17.9 Å². The summed E-state index contributed by atoms with van der Waals surface area (Å²) in [5.74, 6) is -0.426. The van der Waals surface area contributed by atoms with Crippen molar-refractivity contribution in [3.63, 3.8) is 0 Å². The molecule has 2 aromatic carbocycles. The van der Waals surface area contributed by atoms with E-state index in [1.165, 1.54) is 10.5 Å². The van der Waals surface area contributed by atoms with Crippen molar-refractivity contribution in [1.29, 1.82) is 0 Å². The van der Waals surface area contributed by atoms with Gasteiger partial charge in [-0.1, -0.05) is 36.8 Å². The molecule has 1 aliphatic carbocycles. The van der Waals surface area contributed by atoms with E-state index in [1.807, 2.05) is 56.3 Å². The van der Waals surface area contributed by atoms with E-state index in [4.69, 9.17) is 9.39 Å². The lowest BCUT2D eigenvalue weighted by atomic mass is 9.58. The summed E-state index contributed by atoms with van der Waals surface area (Å²) in [5, 5.41) is 20.9. The van der Waals surface area contributed by atoms with E-state index in [1.54, 1.807) is 7.05 Å². The summed E-state index contributed by atoms with van der Waals surface area (Å²) in [5.41, 5.74) is 5.97. The molecule has 2 aromatic rings. The molecule has 210 valence electrons. The van der Waals surface area contributed by atoms with Gasteiger partial charge in [-0.05, 0) is 104 Å². The number of nitrogens with zero attached hydrogens (tertiary/aromatic N) is 1. The van der Waals surface area contributed by atoms with Crippen LogP contribution < -0.4 is 4.74 Å². The van der Waals surface area contributed by atoms with Crippen molar-refractivity contribution in [3.8, 4) is 11.5 Å². The minimum Gasteiger partial charge on any atom is -0.507 e. The summed E-state index contributed by atoms with van der Waals surface area (Å²) in [4.78, 5) is 27.5. The van der Waals surface area contributed by atoms with Gasteiger partial charge in [0, 0.05) is 7.05 Å². The predicted molar refractivity (Wildman–Crippen MR) is 155 cm³/mol. The van der Waals surface area contributed by atoms with E-state index in [-0.39, 0.29) is 30.2 Å². The molecular weight excluding hydrogens is 505 g/mol. The minimum absolute atomic E-state index is 0.153. The summed E-state index contributed by atoms with van der Waals surface area (Å²) in [6, 6.07) is 13.5. The quantitative estimate of drug-likeness (QED) is 0.274. The van der Waals surface area contributed by atoms with E-state index in [9.17, 15) is 19.7 Å². The first-order valence-electron chi connectivity index (χ1n) is 14.2. The maximum absolute atomic E-state index is 13.2. The largest absolute Gasteiger partial charge is 0.507 e. The number of hydrogen-bond acceptors (Lipinski definition) is 6. The van der Waals surface area contributed by atoms with Crippen LogP contribution in [0, 0.1) is 31.6 Å². The van der Waals surface area contributed by atoms with Gasteiger partial charge in [-0.25, -0.2) is 0 Å². The fourth-order valence-electron chi connectivity index (χ4n) is 6.72. The third-order valence-corrected chi connectivity index (χ3v) is 8.75. The maximum atomic E-state index is 13.2. The monoisotopic (exact) mass is 543 g/mol. The number of ether oxygens (including phenoxy) is 1. The zero-order valence-corrected chi connectivity index (χ0v) is 23.7. The lowest BCUT2D eigenvalue weighted by Gasteiger charge is -2.43. The van der Waals surface area contributed by atoms with Crippen LogP contribution in [0.5, 0.6) is 11.5 Å². The van der Waals surface area contributed by atoms with Gasteiger partial charge in [0.2, 0.25) is 11.8 Å². The molecule has 0 unspecified atom stereocenters. The van der Waals surface area contributed by atoms with E-state index in [0.717, 1.165) is 46.4 Å². The lowest BCUT2D eigenvalue weighted by molar-refractivity contribution is -0.138. The standard InChI is InChI=1S/C32H38BNO6/c1-5-21(15-22-13-19(2)30(35)20(3)14-22)11-12-27-28-23(18-39-24-9-7-6-8-10-24)16-25-29(26(28)17-33(38)40-27)32(37)34(4)31(25)36/h6-10,13-15,25-27,29,35,38H,5,11-12,16-18H2,1-4H3/b21-15+/t25-,26+,27-,29-/m1/s1. The Bertz CT molecular complexity index is 1330. The van der Waals surface area contributed by atoms with Gasteiger partial charge < -0.3 is 19.5 Å². The zero-order valence-electron chi connectivity index (χ0n) is 23.7. The summed E-state index contributed by atoms with van der Waals surface area (Å²) in [7, 11) is 0.556. The van der Waals surface area contributed by atoms with Crippen molar-refractivity contribution in [2.24, 2.45) is 17.8 Å². The topological polar surface area (TPSA) is 96.3 Å². The molecule has 2 N–H and O–H groups in total. The number of aryl methyl sites for hydroxylation is 2. The molecule has 0 aromatic heterocycles. The number of allylic oxidation sites excluding steroid dienone is 1. The molecular formula is C32H38BNO6. The van der Waals surface area contributed by atoms with Gasteiger partial charge in [0.25, 0.3) is 0 Å². The molecule has 40 heavy (non-hydrogen) atoms. The molecule has 8 heteroatoms. The number of hydrogen-bond donors (Lipinski definition) is 2. The highest BCUT2D eigenvalue weighted by atomic mass is 16.5. The van der Waals surface area contributed by atoms with Crippen LogP contribution in [0.25, 0.3) is 6.08 Å². The number of rotatable bonds is 8. The van der Waals surface area contributed by atoms with Crippen LogP contribution in [0.4, 0.5) is 0 Å². The SMILES string of the molecule is CC/C(=C\c1cc(C)c(O)c(C)c1)CC[C@H]1OB(O)C[C@H]2C1=C(COc1ccccc1)C[C@H]1C(=O)N(C)C(=O)[C@H]12. The molecule has 2 heterocycles. The first-order chi connectivity index (χ1) is 19.2. The molecule has 5 rings (SSSR count). The van der Waals surface area contributed by atoms with Crippen molar-refractivity contribution >= 4 is 25.0 Å². The molecule has 2 saturated heterocycles. The normalized spacial score (nSPS) is 24.9. The van der Waals surface area contributed by atoms with Crippen LogP contribution in [0.1, 0.15) is 49.3 Å². The number of phenolic OH excluding ortho intramolecular Hbond substituents is 1. The summed E-state index contributed by atoms with van der Waals surface area (Å²) >= 11 is 0. The van der Waals surface area contributed by atoms with Crippen LogP contribution in [-0.4, -0.2) is 53.7 Å². The number of phenols is 1. The van der Waals surface area contributed by atoms with Gasteiger partial charge in [-0.3, -0.25) is 14.5 Å². The highest BCUT2D eigenvalue weighted by Crippen LogP contribution is 2.50. The Morgan fingerprint density at radius 1 is 1.12 bits per heavy atom. The van der Waals surface area contributed by atoms with Gasteiger partial charge in [-0.2, -0.15) is 0 Å². The molecule has 0 radical (unpaired) electrons. The second-order valence-electron chi connectivity index (χ2n) is 11.4. The molecule has 3 aliphatic rings. The highest BCUT2D eigenvalue weighted by Gasteiger charge is 2.56. The van der Waals surface area contributed by atoms with Gasteiger partial charge in [0.15, 0.2) is 0 Å². The van der Waals surface area contributed by atoms with Crippen LogP contribution in [-0.2, 0) is 14.2 Å². The molecule has 2 aliphatic heterocycles. The number of para-hydroxylation sites is 1. The van der Waals surface area contributed by atoms with Gasteiger partial charge >= 0.3 is 7.12 Å². The predicted octanol–water partition coefficient (Wildman–Crippen LogP) is 5.09. The zero-order chi connectivity index (χ0) is 28.6. The van der Waals surface area contributed by atoms with E-state index in [2.05, 4.69) is 13.0 Å². The number of fused-ring (bicyclic) bond motifs is 3. The highest BCUT2D eigenvalue weighted by molar-refractivity contribution is 6.43.